The maximum atomic E-state index is 12.3. The predicted octanol–water partition coefficient (Wildman–Crippen LogP) is 2.95. The summed E-state index contributed by atoms with van der Waals surface area (Å²) in [6.07, 6.45) is 2.41. The molecule has 0 saturated carbocycles. The molecule has 0 saturated heterocycles. The highest BCUT2D eigenvalue weighted by molar-refractivity contribution is 7.89. The van der Waals surface area contributed by atoms with Gasteiger partial charge in [0.1, 0.15) is 10.6 Å². The van der Waals surface area contributed by atoms with E-state index >= 15 is 0 Å². The molecule has 0 unspecified atom stereocenters. The van der Waals surface area contributed by atoms with E-state index in [-0.39, 0.29) is 17.2 Å². The van der Waals surface area contributed by atoms with Crippen molar-refractivity contribution in [2.24, 2.45) is 0 Å². The number of hydrogen-bond acceptors (Lipinski definition) is 4. The topological polar surface area (TPSA) is 88.0 Å². The van der Waals surface area contributed by atoms with Gasteiger partial charge in [0, 0.05) is 28.7 Å². The Morgan fingerprint density at radius 2 is 2.13 bits per heavy atom. The van der Waals surface area contributed by atoms with E-state index in [9.17, 15) is 8.42 Å². The van der Waals surface area contributed by atoms with E-state index in [2.05, 4.69) is 14.9 Å². The first-order valence-electron chi connectivity index (χ1n) is 7.06. The van der Waals surface area contributed by atoms with Crippen molar-refractivity contribution in [3.63, 3.8) is 0 Å². The van der Waals surface area contributed by atoms with E-state index in [0.29, 0.717) is 17.1 Å². The first kappa shape index (κ1) is 16.0. The number of hydrogen-bond donors (Lipinski definition) is 2. The van der Waals surface area contributed by atoms with Crippen molar-refractivity contribution < 1.29 is 12.9 Å². The Labute approximate surface area is 138 Å². The normalized spacial score (nSPS) is 12.1. The molecule has 0 amide bonds. The molecule has 0 radical (unpaired) electrons. The zero-order valence-electron chi connectivity index (χ0n) is 12.7. The van der Waals surface area contributed by atoms with Crippen molar-refractivity contribution >= 4 is 32.5 Å². The number of halogens is 1. The van der Waals surface area contributed by atoms with Crippen LogP contribution in [0.2, 0.25) is 5.02 Å². The molecule has 0 spiro atoms. The second-order valence-corrected chi connectivity index (χ2v) is 7.45. The Morgan fingerprint density at radius 3 is 2.83 bits per heavy atom. The van der Waals surface area contributed by atoms with Crippen LogP contribution in [0.15, 0.2) is 33.8 Å². The van der Waals surface area contributed by atoms with Crippen molar-refractivity contribution in [3.8, 4) is 0 Å². The summed E-state index contributed by atoms with van der Waals surface area (Å²) in [5.74, 6) is 0.286. The van der Waals surface area contributed by atoms with Gasteiger partial charge in [0.05, 0.1) is 0 Å². The summed E-state index contributed by atoms with van der Waals surface area (Å²) >= 11 is 6.01. The molecule has 23 heavy (non-hydrogen) atoms. The van der Waals surface area contributed by atoms with Gasteiger partial charge in [-0.05, 0) is 44.0 Å². The molecule has 0 bridgehead atoms. The standard InChI is InChI=1S/C15H16ClN3O3S/c1-9-15(10(2)22-19-9)23(20,21)18-6-5-11-8-17-14-4-3-12(16)7-13(11)14/h3-4,7-8,17-18H,5-6H2,1-2H3. The number of aromatic nitrogens is 2. The monoisotopic (exact) mass is 353 g/mol. The number of fused-ring (bicyclic) bond motifs is 1. The molecule has 1 aromatic carbocycles. The van der Waals surface area contributed by atoms with Crippen LogP contribution in [0.4, 0.5) is 0 Å². The Bertz CT molecular complexity index is 940. The highest BCUT2D eigenvalue weighted by Gasteiger charge is 2.23. The summed E-state index contributed by atoms with van der Waals surface area (Å²) in [5.41, 5.74) is 2.33. The number of nitrogens with zero attached hydrogens (tertiary/aromatic N) is 1. The van der Waals surface area contributed by atoms with E-state index in [0.717, 1.165) is 16.5 Å². The molecule has 0 atom stereocenters. The second kappa shape index (κ2) is 5.99. The molecular weight excluding hydrogens is 338 g/mol. The first-order valence-corrected chi connectivity index (χ1v) is 8.92. The summed E-state index contributed by atoms with van der Waals surface area (Å²) in [5, 5.41) is 5.32. The van der Waals surface area contributed by atoms with E-state index in [1.54, 1.807) is 13.8 Å². The van der Waals surface area contributed by atoms with Gasteiger partial charge in [-0.1, -0.05) is 16.8 Å². The number of aryl methyl sites for hydroxylation is 2. The van der Waals surface area contributed by atoms with Gasteiger partial charge in [-0.15, -0.1) is 0 Å². The Morgan fingerprint density at radius 1 is 1.35 bits per heavy atom. The fourth-order valence-electron chi connectivity index (χ4n) is 2.61. The zero-order valence-corrected chi connectivity index (χ0v) is 14.3. The van der Waals surface area contributed by atoms with Gasteiger partial charge in [-0.3, -0.25) is 0 Å². The molecule has 2 heterocycles. The van der Waals surface area contributed by atoms with E-state index < -0.39 is 10.0 Å². The van der Waals surface area contributed by atoms with Gasteiger partial charge in [-0.2, -0.15) is 0 Å². The van der Waals surface area contributed by atoms with Gasteiger partial charge in [0.25, 0.3) is 0 Å². The molecule has 6 nitrogen and oxygen atoms in total. The third-order valence-corrected chi connectivity index (χ3v) is 5.59. The zero-order chi connectivity index (χ0) is 16.6. The van der Waals surface area contributed by atoms with Crippen LogP contribution in [0.3, 0.4) is 0 Å². The molecular formula is C15H16ClN3O3S. The summed E-state index contributed by atoms with van der Waals surface area (Å²) < 4.78 is 32.2. The lowest BCUT2D eigenvalue weighted by Gasteiger charge is -2.06. The third-order valence-electron chi connectivity index (χ3n) is 3.65. The molecule has 3 aromatic rings. The maximum Gasteiger partial charge on any atom is 0.245 e. The number of benzene rings is 1. The maximum absolute atomic E-state index is 12.3. The summed E-state index contributed by atoms with van der Waals surface area (Å²) in [6, 6.07) is 5.57. The fraction of sp³-hybridized carbons (Fsp3) is 0.267. The largest absolute Gasteiger partial charge is 0.361 e. The van der Waals surface area contributed by atoms with Gasteiger partial charge in [-0.25, -0.2) is 13.1 Å². The number of rotatable bonds is 5. The summed E-state index contributed by atoms with van der Waals surface area (Å²) in [7, 11) is -3.64. The minimum absolute atomic E-state index is 0.111. The SMILES string of the molecule is Cc1noc(C)c1S(=O)(=O)NCCc1c[nH]c2ccc(Cl)cc12. The molecule has 0 aliphatic carbocycles. The van der Waals surface area contributed by atoms with Crippen LogP contribution in [-0.2, 0) is 16.4 Å². The third kappa shape index (κ3) is 3.12. The quantitative estimate of drug-likeness (QED) is 0.738. The van der Waals surface area contributed by atoms with Crippen LogP contribution in [0.5, 0.6) is 0 Å². The van der Waals surface area contributed by atoms with Crippen molar-refractivity contribution in [2.75, 3.05) is 6.54 Å². The Kier molecular flexibility index (Phi) is 4.18. The smallest absolute Gasteiger partial charge is 0.245 e. The predicted molar refractivity (Wildman–Crippen MR) is 88.2 cm³/mol. The highest BCUT2D eigenvalue weighted by Crippen LogP contribution is 2.23. The van der Waals surface area contributed by atoms with Crippen LogP contribution in [0.25, 0.3) is 10.9 Å². The fourth-order valence-corrected chi connectivity index (χ4v) is 4.14. The number of nitrogens with one attached hydrogen (secondary N) is 2. The molecule has 0 fully saturated rings. The number of H-pyrrole nitrogens is 1. The van der Waals surface area contributed by atoms with Crippen LogP contribution in [0, 0.1) is 13.8 Å². The lowest BCUT2D eigenvalue weighted by atomic mass is 10.1. The van der Waals surface area contributed by atoms with Crippen LogP contribution >= 0.6 is 11.6 Å². The van der Waals surface area contributed by atoms with Gasteiger partial charge in [0.2, 0.25) is 10.0 Å². The summed E-state index contributed by atoms with van der Waals surface area (Å²) in [6.45, 7) is 3.45. The molecule has 3 rings (SSSR count). The second-order valence-electron chi connectivity index (χ2n) is 5.30. The van der Waals surface area contributed by atoms with Gasteiger partial charge in [0.15, 0.2) is 5.76 Å². The van der Waals surface area contributed by atoms with E-state index in [1.807, 2.05) is 24.4 Å². The van der Waals surface area contributed by atoms with Gasteiger partial charge < -0.3 is 9.51 Å². The van der Waals surface area contributed by atoms with Crippen molar-refractivity contribution in [3.05, 3.63) is 46.4 Å². The van der Waals surface area contributed by atoms with Crippen molar-refractivity contribution in [1.29, 1.82) is 0 Å². The Balaban J connectivity index is 1.75. The molecule has 0 aliphatic rings. The lowest BCUT2D eigenvalue weighted by molar-refractivity contribution is 0.390. The van der Waals surface area contributed by atoms with Crippen molar-refractivity contribution in [1.82, 2.24) is 14.9 Å². The number of sulfonamides is 1. The molecule has 2 aromatic heterocycles. The van der Waals surface area contributed by atoms with Crippen LogP contribution in [0.1, 0.15) is 17.0 Å². The summed E-state index contributed by atoms with van der Waals surface area (Å²) in [4.78, 5) is 3.26. The Hall–Kier alpha value is -1.83. The molecule has 2 N–H and O–H groups in total. The molecule has 122 valence electrons. The number of aromatic amines is 1. The molecule has 0 aliphatic heterocycles. The minimum Gasteiger partial charge on any atom is -0.361 e. The average molecular weight is 354 g/mol. The van der Waals surface area contributed by atoms with Gasteiger partial charge >= 0.3 is 0 Å². The van der Waals surface area contributed by atoms with E-state index in [1.165, 1.54) is 0 Å². The average Bonchev–Trinajstić information content (AvgIpc) is 3.03. The lowest BCUT2D eigenvalue weighted by Crippen LogP contribution is -2.26. The van der Waals surface area contributed by atoms with Crippen LogP contribution < -0.4 is 4.72 Å². The van der Waals surface area contributed by atoms with E-state index in [4.69, 9.17) is 16.1 Å². The molecule has 8 heteroatoms. The minimum atomic E-state index is -3.64. The first-order chi connectivity index (χ1) is 10.9. The highest BCUT2D eigenvalue weighted by atomic mass is 35.5. The van der Waals surface area contributed by atoms with Crippen molar-refractivity contribution in [2.45, 2.75) is 25.2 Å². The van der Waals surface area contributed by atoms with Crippen LogP contribution in [-0.4, -0.2) is 25.1 Å².